The largest absolute Gasteiger partial charge is 0.357 e. The van der Waals surface area contributed by atoms with Crippen LogP contribution in [-0.2, 0) is 13.6 Å². The summed E-state index contributed by atoms with van der Waals surface area (Å²) in [5, 5.41) is 18.7. The number of nitriles is 1. The minimum Gasteiger partial charge on any atom is -0.357 e. The summed E-state index contributed by atoms with van der Waals surface area (Å²) in [6.07, 6.45) is 1.71. The minimum atomic E-state index is 0.541. The molecule has 1 aromatic heterocycles. The second-order valence-electron chi connectivity index (χ2n) is 5.15. The van der Waals surface area contributed by atoms with E-state index in [-0.39, 0.29) is 0 Å². The van der Waals surface area contributed by atoms with E-state index in [9.17, 15) is 0 Å². The highest BCUT2D eigenvalue weighted by Gasteiger charge is 2.07. The molecule has 1 N–H and O–H groups in total. The normalized spacial score (nSPS) is 10.5. The van der Waals surface area contributed by atoms with E-state index in [0.717, 1.165) is 16.8 Å². The first-order valence-corrected chi connectivity index (χ1v) is 7.59. The molecule has 0 aliphatic rings. The lowest BCUT2D eigenvalue weighted by Crippen LogP contribution is -2.33. The van der Waals surface area contributed by atoms with Crippen LogP contribution in [-0.4, -0.2) is 28.0 Å². The Balaban J connectivity index is 1.97. The van der Waals surface area contributed by atoms with Crippen LogP contribution < -0.4 is 5.32 Å². The van der Waals surface area contributed by atoms with E-state index in [1.807, 2.05) is 54.9 Å². The summed E-state index contributed by atoms with van der Waals surface area (Å²) in [6, 6.07) is 14.0. The first-order chi connectivity index (χ1) is 11.0. The van der Waals surface area contributed by atoms with Gasteiger partial charge in [0.1, 0.15) is 11.8 Å². The molecule has 0 amide bonds. The Morgan fingerprint density at radius 3 is 2.74 bits per heavy atom. The topological polar surface area (TPSA) is 56.4 Å². The Morgan fingerprint density at radius 1 is 1.43 bits per heavy atom. The number of benzene rings is 1. The number of hydrogen-bond donors (Lipinski definition) is 1. The van der Waals surface area contributed by atoms with Gasteiger partial charge < -0.3 is 9.88 Å². The van der Waals surface area contributed by atoms with Crippen LogP contribution in [0, 0.1) is 18.3 Å². The zero-order valence-electron chi connectivity index (χ0n) is 13.4. The maximum Gasteiger partial charge on any atom is 0.189 e. The second-order valence-corrected chi connectivity index (χ2v) is 5.54. The van der Waals surface area contributed by atoms with Crippen molar-refractivity contribution in [2.24, 2.45) is 12.1 Å². The van der Waals surface area contributed by atoms with Crippen molar-refractivity contribution in [3.63, 3.8) is 0 Å². The predicted molar refractivity (Wildman–Crippen MR) is 96.1 cm³/mol. The third kappa shape index (κ3) is 4.18. The van der Waals surface area contributed by atoms with E-state index in [4.69, 9.17) is 17.5 Å². The predicted octanol–water partition coefficient (Wildman–Crippen LogP) is 2.55. The highest BCUT2D eigenvalue weighted by molar-refractivity contribution is 7.80. The van der Waals surface area contributed by atoms with Crippen LogP contribution >= 0.6 is 12.2 Å². The van der Waals surface area contributed by atoms with Crippen LogP contribution in [0.4, 0.5) is 0 Å². The van der Waals surface area contributed by atoms with Crippen LogP contribution in [0.2, 0.25) is 0 Å². The summed E-state index contributed by atoms with van der Waals surface area (Å²) in [7, 11) is 3.65. The first-order valence-electron chi connectivity index (χ1n) is 7.18. The van der Waals surface area contributed by atoms with Gasteiger partial charge in [0, 0.05) is 31.9 Å². The third-order valence-electron chi connectivity index (χ3n) is 3.64. The van der Waals surface area contributed by atoms with Gasteiger partial charge in [-0.15, -0.1) is 0 Å². The molecule has 6 heteroatoms. The molecular weight excluding hydrogens is 306 g/mol. The SMILES string of the molecule is Cc1c(/C=N\N(C)C(=S)NCc2ccccc2)cc(C#N)n1C. The van der Waals surface area contributed by atoms with Crippen molar-refractivity contribution in [3.8, 4) is 6.07 Å². The van der Waals surface area contributed by atoms with E-state index in [2.05, 4.69) is 16.5 Å². The molecule has 0 fully saturated rings. The quantitative estimate of drug-likeness (QED) is 0.533. The van der Waals surface area contributed by atoms with E-state index < -0.39 is 0 Å². The van der Waals surface area contributed by atoms with Crippen molar-refractivity contribution in [1.29, 1.82) is 5.26 Å². The first kappa shape index (κ1) is 16.7. The number of nitrogens with one attached hydrogen (secondary N) is 1. The maximum atomic E-state index is 9.04. The zero-order valence-corrected chi connectivity index (χ0v) is 14.3. The van der Waals surface area contributed by atoms with Crippen LogP contribution in [0.15, 0.2) is 41.5 Å². The van der Waals surface area contributed by atoms with Crippen LogP contribution in [0.1, 0.15) is 22.5 Å². The lowest BCUT2D eigenvalue weighted by Gasteiger charge is -2.15. The average molecular weight is 325 g/mol. The second kappa shape index (κ2) is 7.56. The van der Waals surface area contributed by atoms with Gasteiger partial charge in [-0.1, -0.05) is 30.3 Å². The maximum absolute atomic E-state index is 9.04. The Bertz CT molecular complexity index is 755. The van der Waals surface area contributed by atoms with Gasteiger partial charge in [-0.2, -0.15) is 10.4 Å². The van der Waals surface area contributed by atoms with Gasteiger partial charge >= 0.3 is 0 Å². The van der Waals surface area contributed by atoms with Gasteiger partial charge in [-0.05, 0) is 30.8 Å². The molecule has 2 aromatic rings. The number of hydrazone groups is 1. The summed E-state index contributed by atoms with van der Waals surface area (Å²) in [4.78, 5) is 0. The average Bonchev–Trinajstić information content (AvgIpc) is 2.86. The van der Waals surface area contributed by atoms with Crippen molar-refractivity contribution in [1.82, 2.24) is 14.9 Å². The molecule has 0 saturated carbocycles. The van der Waals surface area contributed by atoms with Gasteiger partial charge in [0.15, 0.2) is 5.11 Å². The van der Waals surface area contributed by atoms with Crippen molar-refractivity contribution in [2.45, 2.75) is 13.5 Å². The van der Waals surface area contributed by atoms with Gasteiger partial charge in [-0.3, -0.25) is 0 Å². The summed E-state index contributed by atoms with van der Waals surface area (Å²) in [5.41, 5.74) is 3.66. The fourth-order valence-electron chi connectivity index (χ4n) is 2.05. The summed E-state index contributed by atoms with van der Waals surface area (Å²) in [6.45, 7) is 2.61. The van der Waals surface area contributed by atoms with Crippen molar-refractivity contribution >= 4 is 23.5 Å². The number of hydrogen-bond acceptors (Lipinski definition) is 3. The number of rotatable bonds is 4. The number of thiocarbonyl (C=S) groups is 1. The molecule has 0 spiro atoms. The molecule has 0 aliphatic carbocycles. The van der Waals surface area contributed by atoms with Gasteiger partial charge in [-0.25, -0.2) is 5.01 Å². The van der Waals surface area contributed by atoms with E-state index >= 15 is 0 Å². The number of aromatic nitrogens is 1. The Hall–Kier alpha value is -2.65. The lowest BCUT2D eigenvalue weighted by molar-refractivity contribution is 0.532. The highest BCUT2D eigenvalue weighted by Crippen LogP contribution is 2.11. The van der Waals surface area contributed by atoms with Crippen LogP contribution in [0.3, 0.4) is 0 Å². The zero-order chi connectivity index (χ0) is 16.8. The lowest BCUT2D eigenvalue weighted by atomic mass is 10.2. The fraction of sp³-hybridized carbons (Fsp3) is 0.235. The molecule has 0 bridgehead atoms. The molecule has 0 saturated heterocycles. The fourth-order valence-corrected chi connectivity index (χ4v) is 2.17. The number of nitrogens with zero attached hydrogens (tertiary/aromatic N) is 4. The Labute approximate surface area is 141 Å². The van der Waals surface area contributed by atoms with Crippen molar-refractivity contribution in [2.75, 3.05) is 7.05 Å². The highest BCUT2D eigenvalue weighted by atomic mass is 32.1. The molecule has 0 atom stereocenters. The van der Waals surface area contributed by atoms with E-state index in [1.165, 1.54) is 0 Å². The summed E-state index contributed by atoms with van der Waals surface area (Å²) < 4.78 is 1.84. The molecule has 2 rings (SSSR count). The van der Waals surface area contributed by atoms with Gasteiger partial charge in [0.2, 0.25) is 0 Å². The molecule has 0 radical (unpaired) electrons. The molecular formula is C17H19N5S. The van der Waals surface area contributed by atoms with Crippen molar-refractivity contribution in [3.05, 3.63) is 58.9 Å². The Kier molecular flexibility index (Phi) is 5.50. The van der Waals surface area contributed by atoms with Gasteiger partial charge in [0.25, 0.3) is 0 Å². The molecule has 5 nitrogen and oxygen atoms in total. The molecule has 1 aromatic carbocycles. The molecule has 0 unspecified atom stereocenters. The summed E-state index contributed by atoms with van der Waals surface area (Å²) >= 11 is 5.32. The minimum absolute atomic E-state index is 0.541. The van der Waals surface area contributed by atoms with E-state index in [1.54, 1.807) is 18.3 Å². The third-order valence-corrected chi connectivity index (χ3v) is 4.05. The van der Waals surface area contributed by atoms with Crippen molar-refractivity contribution < 1.29 is 0 Å². The van der Waals surface area contributed by atoms with Crippen LogP contribution in [0.25, 0.3) is 0 Å². The summed E-state index contributed by atoms with van der Waals surface area (Å²) in [5.74, 6) is 0. The Morgan fingerprint density at radius 2 is 2.13 bits per heavy atom. The molecule has 0 aliphatic heterocycles. The molecule has 23 heavy (non-hydrogen) atoms. The van der Waals surface area contributed by atoms with Gasteiger partial charge in [0.05, 0.1) is 6.21 Å². The smallest absolute Gasteiger partial charge is 0.189 e. The molecule has 118 valence electrons. The molecule has 1 heterocycles. The van der Waals surface area contributed by atoms with Crippen LogP contribution in [0.5, 0.6) is 0 Å². The standard InChI is InChI=1S/C17H19N5S/c1-13-15(9-16(10-18)21(13)2)12-20-22(3)17(23)19-11-14-7-5-4-6-8-14/h4-9,12H,11H2,1-3H3,(H,19,23)/b20-12-. The monoisotopic (exact) mass is 325 g/mol. The van der Waals surface area contributed by atoms with E-state index in [0.29, 0.717) is 17.4 Å².